The van der Waals surface area contributed by atoms with E-state index in [-0.39, 0.29) is 11.9 Å². The molecule has 0 aromatic carbocycles. The van der Waals surface area contributed by atoms with E-state index in [1.54, 1.807) is 0 Å². The Hall–Kier alpha value is -1.69. The summed E-state index contributed by atoms with van der Waals surface area (Å²) in [6, 6.07) is 0.451. The summed E-state index contributed by atoms with van der Waals surface area (Å²) in [5.74, 6) is 1.89. The number of nitrogens with zero attached hydrogens (tertiary/aromatic N) is 4. The van der Waals surface area contributed by atoms with E-state index in [1.165, 1.54) is 19.4 Å². The average molecular weight is 360 g/mol. The SMILES string of the molecule is Cc1nc(N)nc(C)c1CC(=O)N1CCCN(CC2CC2)[C@@H](C(C)C)C1. The quantitative estimate of drug-likeness (QED) is 0.872. The first-order valence-corrected chi connectivity index (χ1v) is 9.96. The fourth-order valence-corrected chi connectivity index (χ4v) is 4.07. The highest BCUT2D eigenvalue weighted by Gasteiger charge is 2.33. The van der Waals surface area contributed by atoms with Crippen LogP contribution in [0.2, 0.25) is 0 Å². The van der Waals surface area contributed by atoms with Crippen molar-refractivity contribution in [2.24, 2.45) is 11.8 Å². The lowest BCUT2D eigenvalue weighted by Gasteiger charge is -2.34. The molecular weight excluding hydrogens is 326 g/mol. The molecule has 2 N–H and O–H groups in total. The summed E-state index contributed by atoms with van der Waals surface area (Å²) in [7, 11) is 0. The van der Waals surface area contributed by atoms with Crippen LogP contribution in [0.3, 0.4) is 0 Å². The van der Waals surface area contributed by atoms with Gasteiger partial charge in [0, 0.05) is 49.2 Å². The van der Waals surface area contributed by atoms with Crippen LogP contribution in [-0.2, 0) is 11.2 Å². The molecule has 1 aliphatic carbocycles. The monoisotopic (exact) mass is 359 g/mol. The van der Waals surface area contributed by atoms with Gasteiger partial charge in [0.05, 0.1) is 6.42 Å². The van der Waals surface area contributed by atoms with Crippen molar-refractivity contribution < 1.29 is 4.79 Å². The standard InChI is InChI=1S/C20H33N5O/c1-13(2)18-12-25(9-5-8-24(18)11-16-6-7-16)19(26)10-17-14(3)22-20(21)23-15(17)4/h13,16,18H,5-12H2,1-4H3,(H2,21,22,23)/t18-/m1/s1. The number of amides is 1. The summed E-state index contributed by atoms with van der Waals surface area (Å²) in [4.78, 5) is 26.2. The number of nitrogen functional groups attached to an aromatic ring is 1. The third-order valence-corrected chi connectivity index (χ3v) is 5.83. The Balaban J connectivity index is 1.70. The molecule has 144 valence electrons. The molecule has 1 aromatic heterocycles. The van der Waals surface area contributed by atoms with E-state index in [1.807, 2.05) is 13.8 Å². The molecule has 1 aromatic rings. The van der Waals surface area contributed by atoms with Crippen molar-refractivity contribution in [3.05, 3.63) is 17.0 Å². The van der Waals surface area contributed by atoms with Crippen LogP contribution in [0.1, 0.15) is 50.1 Å². The van der Waals surface area contributed by atoms with Gasteiger partial charge in [-0.1, -0.05) is 13.8 Å². The van der Waals surface area contributed by atoms with Crippen molar-refractivity contribution in [1.82, 2.24) is 19.8 Å². The van der Waals surface area contributed by atoms with Gasteiger partial charge in [-0.15, -0.1) is 0 Å². The van der Waals surface area contributed by atoms with Gasteiger partial charge in [-0.05, 0) is 44.9 Å². The molecule has 6 nitrogen and oxygen atoms in total. The molecule has 1 aliphatic heterocycles. The topological polar surface area (TPSA) is 75.3 Å². The Bertz CT molecular complexity index is 633. The van der Waals surface area contributed by atoms with Crippen LogP contribution in [-0.4, -0.2) is 57.9 Å². The number of carbonyl (C=O) groups is 1. The van der Waals surface area contributed by atoms with Crippen LogP contribution in [0.15, 0.2) is 0 Å². The smallest absolute Gasteiger partial charge is 0.227 e. The molecule has 1 saturated heterocycles. The zero-order valence-corrected chi connectivity index (χ0v) is 16.7. The van der Waals surface area contributed by atoms with Gasteiger partial charge in [-0.2, -0.15) is 0 Å². The lowest BCUT2D eigenvalue weighted by Crippen LogP contribution is -2.46. The zero-order chi connectivity index (χ0) is 18.8. The third-order valence-electron chi connectivity index (χ3n) is 5.83. The van der Waals surface area contributed by atoms with Crippen molar-refractivity contribution in [2.45, 2.75) is 59.4 Å². The van der Waals surface area contributed by atoms with Gasteiger partial charge < -0.3 is 10.6 Å². The summed E-state index contributed by atoms with van der Waals surface area (Å²) in [5, 5.41) is 0. The minimum atomic E-state index is 0.184. The van der Waals surface area contributed by atoms with Crippen LogP contribution >= 0.6 is 0 Å². The van der Waals surface area contributed by atoms with Gasteiger partial charge in [-0.25, -0.2) is 9.97 Å². The van der Waals surface area contributed by atoms with E-state index in [0.717, 1.165) is 48.9 Å². The summed E-state index contributed by atoms with van der Waals surface area (Å²) in [6.45, 7) is 12.4. The van der Waals surface area contributed by atoms with Gasteiger partial charge in [0.15, 0.2) is 0 Å². The molecule has 2 heterocycles. The lowest BCUT2D eigenvalue weighted by atomic mass is 10.0. The highest BCUT2D eigenvalue weighted by molar-refractivity contribution is 5.79. The molecule has 1 saturated carbocycles. The molecule has 1 amide bonds. The van der Waals surface area contributed by atoms with Crippen molar-refractivity contribution in [3.63, 3.8) is 0 Å². The number of rotatable bonds is 5. The Morgan fingerprint density at radius 2 is 1.85 bits per heavy atom. The Morgan fingerprint density at radius 3 is 2.42 bits per heavy atom. The molecule has 3 rings (SSSR count). The zero-order valence-electron chi connectivity index (χ0n) is 16.7. The van der Waals surface area contributed by atoms with Crippen molar-refractivity contribution in [2.75, 3.05) is 31.9 Å². The van der Waals surface area contributed by atoms with E-state index in [9.17, 15) is 4.79 Å². The molecule has 0 radical (unpaired) electrons. The molecule has 26 heavy (non-hydrogen) atoms. The second-order valence-corrected chi connectivity index (χ2v) is 8.35. The van der Waals surface area contributed by atoms with Crippen molar-refractivity contribution in [1.29, 1.82) is 0 Å². The fourth-order valence-electron chi connectivity index (χ4n) is 4.07. The molecule has 0 unspecified atom stereocenters. The molecule has 0 spiro atoms. The van der Waals surface area contributed by atoms with Crippen LogP contribution < -0.4 is 5.73 Å². The minimum Gasteiger partial charge on any atom is -0.368 e. The number of hydrogen-bond acceptors (Lipinski definition) is 5. The second-order valence-electron chi connectivity index (χ2n) is 8.35. The fraction of sp³-hybridized carbons (Fsp3) is 0.750. The summed E-state index contributed by atoms with van der Waals surface area (Å²) in [5.41, 5.74) is 8.26. The summed E-state index contributed by atoms with van der Waals surface area (Å²) >= 11 is 0. The lowest BCUT2D eigenvalue weighted by molar-refractivity contribution is -0.131. The highest BCUT2D eigenvalue weighted by Crippen LogP contribution is 2.32. The van der Waals surface area contributed by atoms with Gasteiger partial charge in [-0.3, -0.25) is 9.69 Å². The molecule has 1 atom stereocenters. The second kappa shape index (κ2) is 7.91. The number of aromatic nitrogens is 2. The van der Waals surface area contributed by atoms with E-state index < -0.39 is 0 Å². The normalized spacial score (nSPS) is 21.9. The van der Waals surface area contributed by atoms with Crippen molar-refractivity contribution in [3.8, 4) is 0 Å². The van der Waals surface area contributed by atoms with Crippen LogP contribution in [0.4, 0.5) is 5.95 Å². The number of aryl methyl sites for hydroxylation is 2. The maximum atomic E-state index is 13.0. The van der Waals surface area contributed by atoms with E-state index in [2.05, 4.69) is 33.6 Å². The molecule has 0 bridgehead atoms. The molecule has 2 aliphatic rings. The average Bonchev–Trinajstić information content (AvgIpc) is 3.38. The van der Waals surface area contributed by atoms with Crippen molar-refractivity contribution >= 4 is 11.9 Å². The van der Waals surface area contributed by atoms with Crippen LogP contribution in [0.25, 0.3) is 0 Å². The minimum absolute atomic E-state index is 0.184. The highest BCUT2D eigenvalue weighted by atomic mass is 16.2. The molecule has 6 heteroatoms. The Morgan fingerprint density at radius 1 is 1.19 bits per heavy atom. The van der Waals surface area contributed by atoms with Gasteiger partial charge in [0.25, 0.3) is 0 Å². The molecule has 2 fully saturated rings. The first-order valence-electron chi connectivity index (χ1n) is 9.96. The van der Waals surface area contributed by atoms with E-state index >= 15 is 0 Å². The largest absolute Gasteiger partial charge is 0.368 e. The maximum Gasteiger partial charge on any atom is 0.227 e. The predicted octanol–water partition coefficient (Wildman–Crippen LogP) is 2.19. The summed E-state index contributed by atoms with van der Waals surface area (Å²) < 4.78 is 0. The van der Waals surface area contributed by atoms with Crippen LogP contribution in [0.5, 0.6) is 0 Å². The van der Waals surface area contributed by atoms with E-state index in [0.29, 0.717) is 18.4 Å². The van der Waals surface area contributed by atoms with E-state index in [4.69, 9.17) is 5.73 Å². The first kappa shape index (κ1) is 19.1. The summed E-state index contributed by atoms with van der Waals surface area (Å²) in [6.07, 6.45) is 4.17. The first-order chi connectivity index (χ1) is 12.3. The number of nitrogens with two attached hydrogens (primary N) is 1. The van der Waals surface area contributed by atoms with Crippen LogP contribution in [0, 0.1) is 25.7 Å². The number of hydrogen-bond donors (Lipinski definition) is 1. The van der Waals surface area contributed by atoms with Gasteiger partial charge in [0.2, 0.25) is 11.9 Å². The van der Waals surface area contributed by atoms with Gasteiger partial charge >= 0.3 is 0 Å². The number of anilines is 1. The Kier molecular flexibility index (Phi) is 5.80. The third kappa shape index (κ3) is 4.53. The molecular formula is C20H33N5O. The van der Waals surface area contributed by atoms with Gasteiger partial charge in [0.1, 0.15) is 0 Å². The maximum absolute atomic E-state index is 13.0. The predicted molar refractivity (Wildman–Crippen MR) is 104 cm³/mol. The Labute approximate surface area is 157 Å². The number of carbonyl (C=O) groups excluding carboxylic acids is 1.